The average molecular weight is 403 g/mol. The van der Waals surface area contributed by atoms with Crippen molar-refractivity contribution in [2.75, 3.05) is 6.61 Å². The Labute approximate surface area is 172 Å². The highest BCUT2D eigenvalue weighted by Gasteiger charge is 2.53. The average Bonchev–Trinajstić information content (AvgIpc) is 3.10. The highest BCUT2D eigenvalue weighted by atomic mass is 19.1. The van der Waals surface area contributed by atoms with E-state index in [2.05, 4.69) is 12.2 Å². The molecule has 0 radical (unpaired) electrons. The van der Waals surface area contributed by atoms with Crippen LogP contribution in [0, 0.1) is 11.7 Å². The lowest BCUT2D eigenvalue weighted by molar-refractivity contribution is -0.128. The number of carbonyl (C=O) groups is 2. The SMILES string of the molecule is CC1CCC2(CC1)OCC(C(=O)NC1CCCCC1)N2C(=O)c1ccc(F)cc1. The van der Waals surface area contributed by atoms with E-state index in [9.17, 15) is 14.0 Å². The van der Waals surface area contributed by atoms with Crippen LogP contribution in [0.5, 0.6) is 0 Å². The van der Waals surface area contributed by atoms with Crippen molar-refractivity contribution in [2.45, 2.75) is 82.5 Å². The second kappa shape index (κ2) is 8.42. The number of hydrogen-bond acceptors (Lipinski definition) is 3. The Morgan fingerprint density at radius 3 is 2.38 bits per heavy atom. The number of ether oxygens (including phenoxy) is 1. The van der Waals surface area contributed by atoms with E-state index in [1.807, 2.05) is 0 Å². The minimum Gasteiger partial charge on any atom is -0.353 e. The third-order valence-electron chi connectivity index (χ3n) is 6.88. The smallest absolute Gasteiger partial charge is 0.256 e. The number of halogens is 1. The van der Waals surface area contributed by atoms with Gasteiger partial charge in [-0.3, -0.25) is 14.5 Å². The molecule has 2 saturated carbocycles. The van der Waals surface area contributed by atoms with Crippen molar-refractivity contribution in [1.82, 2.24) is 10.2 Å². The number of nitrogens with zero attached hydrogens (tertiary/aromatic N) is 1. The molecule has 1 saturated heterocycles. The fraction of sp³-hybridized carbons (Fsp3) is 0.652. The molecule has 6 heteroatoms. The topological polar surface area (TPSA) is 58.6 Å². The molecule has 1 spiro atoms. The van der Waals surface area contributed by atoms with Gasteiger partial charge in [0.25, 0.3) is 5.91 Å². The first-order chi connectivity index (χ1) is 14.0. The summed E-state index contributed by atoms with van der Waals surface area (Å²) >= 11 is 0. The predicted octanol–water partition coefficient (Wildman–Crippen LogP) is 4.02. The van der Waals surface area contributed by atoms with E-state index in [4.69, 9.17) is 4.74 Å². The molecule has 3 aliphatic rings. The molecule has 1 heterocycles. The Morgan fingerprint density at radius 2 is 1.72 bits per heavy atom. The summed E-state index contributed by atoms with van der Waals surface area (Å²) in [6.07, 6.45) is 8.85. The fourth-order valence-corrected chi connectivity index (χ4v) is 5.06. The first-order valence-corrected chi connectivity index (χ1v) is 11.0. The molecule has 2 amide bonds. The molecule has 5 nitrogen and oxygen atoms in total. The van der Waals surface area contributed by atoms with Crippen LogP contribution in [0.2, 0.25) is 0 Å². The van der Waals surface area contributed by atoms with Crippen LogP contribution in [0.4, 0.5) is 4.39 Å². The fourth-order valence-electron chi connectivity index (χ4n) is 5.06. The summed E-state index contributed by atoms with van der Waals surface area (Å²) in [7, 11) is 0. The van der Waals surface area contributed by atoms with Crippen molar-refractivity contribution in [3.05, 3.63) is 35.6 Å². The molecule has 0 aromatic heterocycles. The van der Waals surface area contributed by atoms with E-state index in [1.54, 1.807) is 4.90 Å². The number of nitrogens with one attached hydrogen (secondary N) is 1. The van der Waals surface area contributed by atoms with Crippen molar-refractivity contribution in [3.8, 4) is 0 Å². The summed E-state index contributed by atoms with van der Waals surface area (Å²) in [5.74, 6) is -0.169. The van der Waals surface area contributed by atoms with Gasteiger partial charge < -0.3 is 10.1 Å². The lowest BCUT2D eigenvalue weighted by Gasteiger charge is -2.43. The maximum absolute atomic E-state index is 13.5. The van der Waals surface area contributed by atoms with E-state index in [1.165, 1.54) is 30.7 Å². The van der Waals surface area contributed by atoms with Crippen LogP contribution in [0.25, 0.3) is 0 Å². The lowest BCUT2D eigenvalue weighted by Crippen LogP contribution is -2.57. The Morgan fingerprint density at radius 1 is 1.07 bits per heavy atom. The van der Waals surface area contributed by atoms with Crippen molar-refractivity contribution in [1.29, 1.82) is 0 Å². The van der Waals surface area contributed by atoms with Crippen molar-refractivity contribution >= 4 is 11.8 Å². The molecule has 1 aliphatic heterocycles. The molecule has 4 rings (SSSR count). The number of amides is 2. The van der Waals surface area contributed by atoms with Gasteiger partial charge in [0.15, 0.2) is 0 Å². The quantitative estimate of drug-likeness (QED) is 0.831. The molecule has 1 unspecified atom stereocenters. The highest BCUT2D eigenvalue weighted by Crippen LogP contribution is 2.43. The number of hydrogen-bond donors (Lipinski definition) is 1. The molecule has 1 N–H and O–H groups in total. The van der Waals surface area contributed by atoms with E-state index in [-0.39, 0.29) is 30.3 Å². The van der Waals surface area contributed by atoms with Gasteiger partial charge in [0.1, 0.15) is 17.6 Å². The maximum Gasteiger partial charge on any atom is 0.256 e. The van der Waals surface area contributed by atoms with Gasteiger partial charge in [0.05, 0.1) is 6.61 Å². The molecule has 1 aromatic rings. The van der Waals surface area contributed by atoms with Crippen LogP contribution in [0.3, 0.4) is 0 Å². The van der Waals surface area contributed by atoms with Crippen molar-refractivity contribution in [2.24, 2.45) is 5.92 Å². The molecule has 1 atom stereocenters. The minimum absolute atomic E-state index is 0.122. The molecular formula is C23H31FN2O3. The van der Waals surface area contributed by atoms with Crippen LogP contribution in [-0.4, -0.2) is 41.1 Å². The van der Waals surface area contributed by atoms with Crippen LogP contribution in [0.15, 0.2) is 24.3 Å². The van der Waals surface area contributed by atoms with Crippen LogP contribution < -0.4 is 5.32 Å². The highest BCUT2D eigenvalue weighted by molar-refractivity contribution is 5.98. The van der Waals surface area contributed by atoms with Crippen LogP contribution in [0.1, 0.15) is 75.1 Å². The summed E-state index contributed by atoms with van der Waals surface area (Å²) in [5, 5.41) is 3.16. The van der Waals surface area contributed by atoms with Gasteiger partial charge >= 0.3 is 0 Å². The Kier molecular flexibility index (Phi) is 5.91. The van der Waals surface area contributed by atoms with Crippen molar-refractivity contribution < 1.29 is 18.7 Å². The van der Waals surface area contributed by atoms with Gasteiger partial charge in [-0.15, -0.1) is 0 Å². The third kappa shape index (κ3) is 4.18. The zero-order chi connectivity index (χ0) is 20.4. The first-order valence-electron chi connectivity index (χ1n) is 11.0. The number of carbonyl (C=O) groups excluding carboxylic acids is 2. The van der Waals surface area contributed by atoms with Gasteiger partial charge in [-0.2, -0.15) is 0 Å². The lowest BCUT2D eigenvalue weighted by atomic mass is 9.83. The summed E-state index contributed by atoms with van der Waals surface area (Å²) in [4.78, 5) is 28.3. The van der Waals surface area contributed by atoms with Gasteiger partial charge in [-0.05, 0) is 68.7 Å². The van der Waals surface area contributed by atoms with E-state index in [0.29, 0.717) is 11.5 Å². The first kappa shape index (κ1) is 20.3. The van der Waals surface area contributed by atoms with E-state index < -0.39 is 11.8 Å². The second-order valence-electron chi connectivity index (χ2n) is 8.98. The molecule has 158 valence electrons. The van der Waals surface area contributed by atoms with E-state index in [0.717, 1.165) is 51.4 Å². The Bertz CT molecular complexity index is 737. The number of benzene rings is 1. The van der Waals surface area contributed by atoms with Crippen LogP contribution >= 0.6 is 0 Å². The third-order valence-corrected chi connectivity index (χ3v) is 6.88. The predicted molar refractivity (Wildman–Crippen MR) is 108 cm³/mol. The summed E-state index contributed by atoms with van der Waals surface area (Å²) in [6, 6.07) is 5.11. The van der Waals surface area contributed by atoms with Gasteiger partial charge in [-0.1, -0.05) is 26.2 Å². The molecule has 29 heavy (non-hydrogen) atoms. The summed E-state index contributed by atoms with van der Waals surface area (Å²) in [5.41, 5.74) is -0.336. The second-order valence-corrected chi connectivity index (χ2v) is 8.98. The zero-order valence-corrected chi connectivity index (χ0v) is 17.2. The minimum atomic E-state index is -0.730. The monoisotopic (exact) mass is 402 g/mol. The molecular weight excluding hydrogens is 371 g/mol. The molecule has 3 fully saturated rings. The largest absolute Gasteiger partial charge is 0.353 e. The zero-order valence-electron chi connectivity index (χ0n) is 17.2. The van der Waals surface area contributed by atoms with Gasteiger partial charge in [0.2, 0.25) is 5.91 Å². The Hall–Kier alpha value is -1.95. The van der Waals surface area contributed by atoms with Crippen molar-refractivity contribution in [3.63, 3.8) is 0 Å². The number of rotatable bonds is 3. The standard InChI is InChI=1S/C23H31FN2O3/c1-16-11-13-23(14-12-16)26(22(28)17-7-9-18(24)10-8-17)20(15-29-23)21(27)25-19-5-3-2-4-6-19/h7-10,16,19-20H,2-6,11-15H2,1H3,(H,25,27). The maximum atomic E-state index is 13.5. The Balaban J connectivity index is 1.58. The summed E-state index contributed by atoms with van der Waals surface area (Å²) < 4.78 is 19.6. The molecule has 0 bridgehead atoms. The van der Waals surface area contributed by atoms with Crippen LogP contribution in [-0.2, 0) is 9.53 Å². The molecule has 2 aliphatic carbocycles. The normalized spacial score (nSPS) is 30.5. The van der Waals surface area contributed by atoms with Gasteiger partial charge in [-0.25, -0.2) is 4.39 Å². The van der Waals surface area contributed by atoms with Gasteiger partial charge in [0, 0.05) is 11.6 Å². The summed E-state index contributed by atoms with van der Waals surface area (Å²) in [6.45, 7) is 2.43. The van der Waals surface area contributed by atoms with E-state index >= 15 is 0 Å². The molecule has 1 aromatic carbocycles.